The van der Waals surface area contributed by atoms with E-state index >= 15 is 0 Å². The van der Waals surface area contributed by atoms with Gasteiger partial charge in [0.15, 0.2) is 5.17 Å². The van der Waals surface area contributed by atoms with Crippen molar-refractivity contribution in [2.24, 2.45) is 10.2 Å². The van der Waals surface area contributed by atoms with Crippen molar-refractivity contribution in [3.8, 4) is 11.5 Å². The van der Waals surface area contributed by atoms with Crippen LogP contribution in [0.3, 0.4) is 0 Å². The van der Waals surface area contributed by atoms with Gasteiger partial charge < -0.3 is 14.8 Å². The second-order valence-corrected chi connectivity index (χ2v) is 5.34. The first kappa shape index (κ1) is 14.4. The Labute approximate surface area is 121 Å². The molecule has 0 bridgehead atoms. The molecule has 1 aliphatic heterocycles. The topological polar surface area (TPSA) is 72.3 Å². The fourth-order valence-electron chi connectivity index (χ4n) is 1.59. The fraction of sp³-hybridized carbons (Fsp3) is 0.308. The van der Waals surface area contributed by atoms with Gasteiger partial charge in [0.25, 0.3) is 0 Å². The Balaban J connectivity index is 2.15. The van der Waals surface area contributed by atoms with Crippen LogP contribution in [-0.4, -0.2) is 36.8 Å². The van der Waals surface area contributed by atoms with Gasteiger partial charge in [-0.3, -0.25) is 4.79 Å². The standard InChI is InChI=1S/C13H15N3O3S/c1-8-12(17)15-13(20-8)16-14-7-9-6-10(18-2)4-5-11(9)19-3/h4-8H,1-3H3,(H,15,16,17)/b14-7-/t8-/m1/s1. The Hall–Kier alpha value is -2.02. The van der Waals surface area contributed by atoms with Gasteiger partial charge in [0.2, 0.25) is 5.91 Å². The second-order valence-electron chi connectivity index (χ2n) is 4.01. The normalized spacial score (nSPS) is 20.4. The van der Waals surface area contributed by atoms with Crippen LogP contribution in [0.5, 0.6) is 11.5 Å². The van der Waals surface area contributed by atoms with E-state index in [9.17, 15) is 4.79 Å². The lowest BCUT2D eigenvalue weighted by Crippen LogP contribution is -2.23. The van der Waals surface area contributed by atoms with E-state index in [4.69, 9.17) is 9.47 Å². The van der Waals surface area contributed by atoms with Gasteiger partial charge >= 0.3 is 0 Å². The molecule has 1 aromatic carbocycles. The zero-order valence-corrected chi connectivity index (χ0v) is 12.2. The number of rotatable bonds is 4. The first-order valence-corrected chi connectivity index (χ1v) is 6.82. The molecule has 2 rings (SSSR count). The van der Waals surface area contributed by atoms with Crippen LogP contribution in [0.1, 0.15) is 12.5 Å². The zero-order chi connectivity index (χ0) is 14.5. The summed E-state index contributed by atoms with van der Waals surface area (Å²) in [6, 6.07) is 5.39. The summed E-state index contributed by atoms with van der Waals surface area (Å²) in [7, 11) is 3.18. The minimum Gasteiger partial charge on any atom is -0.497 e. The lowest BCUT2D eigenvalue weighted by molar-refractivity contribution is -0.118. The third kappa shape index (κ3) is 3.30. The fourth-order valence-corrected chi connectivity index (χ4v) is 2.34. The molecule has 0 aliphatic carbocycles. The first-order chi connectivity index (χ1) is 9.63. The van der Waals surface area contributed by atoms with Gasteiger partial charge in [0.05, 0.1) is 25.7 Å². The molecule has 1 atom stereocenters. The van der Waals surface area contributed by atoms with Gasteiger partial charge in [-0.25, -0.2) is 0 Å². The molecular weight excluding hydrogens is 278 g/mol. The molecule has 6 nitrogen and oxygen atoms in total. The molecule has 1 N–H and O–H groups in total. The van der Waals surface area contributed by atoms with E-state index in [0.717, 1.165) is 5.56 Å². The number of hydrogen-bond donors (Lipinski definition) is 1. The highest BCUT2D eigenvalue weighted by atomic mass is 32.2. The Kier molecular flexibility index (Phi) is 4.62. The molecule has 1 aromatic rings. The van der Waals surface area contributed by atoms with Crippen molar-refractivity contribution >= 4 is 29.1 Å². The number of thioether (sulfide) groups is 1. The van der Waals surface area contributed by atoms with Crippen molar-refractivity contribution in [1.29, 1.82) is 0 Å². The SMILES string of the molecule is COc1ccc(OC)c(/C=N\N=C2/NC(=O)[C@@H](C)S2)c1. The second kappa shape index (κ2) is 6.42. The molecular formula is C13H15N3O3S. The number of methoxy groups -OCH3 is 2. The van der Waals surface area contributed by atoms with E-state index in [-0.39, 0.29) is 11.2 Å². The molecule has 0 radical (unpaired) electrons. The summed E-state index contributed by atoms with van der Waals surface area (Å²) in [5, 5.41) is 11.0. The van der Waals surface area contributed by atoms with Crippen LogP contribution in [0, 0.1) is 0 Å². The summed E-state index contributed by atoms with van der Waals surface area (Å²) in [4.78, 5) is 11.3. The lowest BCUT2D eigenvalue weighted by atomic mass is 10.2. The number of carbonyl (C=O) groups is 1. The molecule has 0 spiro atoms. The maximum Gasteiger partial charge on any atom is 0.239 e. The van der Waals surface area contributed by atoms with Crippen molar-refractivity contribution in [1.82, 2.24) is 5.32 Å². The predicted octanol–water partition coefficient (Wildman–Crippen LogP) is 1.65. The highest BCUT2D eigenvalue weighted by molar-refractivity contribution is 8.15. The lowest BCUT2D eigenvalue weighted by Gasteiger charge is -2.06. The molecule has 0 aromatic heterocycles. The highest BCUT2D eigenvalue weighted by Crippen LogP contribution is 2.22. The van der Waals surface area contributed by atoms with E-state index in [1.807, 2.05) is 6.92 Å². The molecule has 1 saturated heterocycles. The smallest absolute Gasteiger partial charge is 0.239 e. The summed E-state index contributed by atoms with van der Waals surface area (Å²) in [6.45, 7) is 1.82. The van der Waals surface area contributed by atoms with Crippen LogP contribution in [0.25, 0.3) is 0 Å². The molecule has 0 saturated carbocycles. The molecule has 7 heteroatoms. The van der Waals surface area contributed by atoms with Gasteiger partial charge in [-0.2, -0.15) is 5.10 Å². The highest BCUT2D eigenvalue weighted by Gasteiger charge is 2.25. The minimum absolute atomic E-state index is 0.0529. The van der Waals surface area contributed by atoms with Crippen molar-refractivity contribution < 1.29 is 14.3 Å². The maximum absolute atomic E-state index is 11.3. The number of benzene rings is 1. The van der Waals surface area contributed by atoms with Crippen molar-refractivity contribution in [3.05, 3.63) is 23.8 Å². The summed E-state index contributed by atoms with van der Waals surface area (Å²) in [6.07, 6.45) is 1.56. The zero-order valence-electron chi connectivity index (χ0n) is 11.4. The average Bonchev–Trinajstić information content (AvgIpc) is 2.77. The number of amides is 1. The summed E-state index contributed by atoms with van der Waals surface area (Å²) in [5.74, 6) is 1.33. The van der Waals surface area contributed by atoms with Crippen molar-refractivity contribution in [2.75, 3.05) is 14.2 Å². The molecule has 106 valence electrons. The summed E-state index contributed by atoms with van der Waals surface area (Å²) in [5.41, 5.74) is 0.749. The van der Waals surface area contributed by atoms with Crippen LogP contribution in [0.4, 0.5) is 0 Å². The molecule has 1 aliphatic rings. The maximum atomic E-state index is 11.3. The van der Waals surface area contributed by atoms with E-state index in [2.05, 4.69) is 15.5 Å². The Morgan fingerprint density at radius 1 is 1.35 bits per heavy atom. The quantitative estimate of drug-likeness (QED) is 0.676. The monoisotopic (exact) mass is 293 g/mol. The Morgan fingerprint density at radius 2 is 2.15 bits per heavy atom. The molecule has 1 fully saturated rings. The van der Waals surface area contributed by atoms with Crippen LogP contribution in [-0.2, 0) is 4.79 Å². The number of nitrogens with zero attached hydrogens (tertiary/aromatic N) is 2. The number of carbonyl (C=O) groups excluding carboxylic acids is 1. The molecule has 1 amide bonds. The van der Waals surface area contributed by atoms with Gasteiger partial charge in [-0.05, 0) is 25.1 Å². The van der Waals surface area contributed by atoms with Gasteiger partial charge in [-0.15, -0.1) is 5.10 Å². The van der Waals surface area contributed by atoms with Crippen molar-refractivity contribution in [2.45, 2.75) is 12.2 Å². The van der Waals surface area contributed by atoms with Crippen LogP contribution in [0.2, 0.25) is 0 Å². The van der Waals surface area contributed by atoms with Gasteiger partial charge in [0.1, 0.15) is 11.5 Å². The third-order valence-corrected chi connectivity index (χ3v) is 3.64. The number of hydrogen-bond acceptors (Lipinski definition) is 6. The molecule has 0 unspecified atom stereocenters. The van der Waals surface area contributed by atoms with Crippen LogP contribution in [0.15, 0.2) is 28.4 Å². The Morgan fingerprint density at radius 3 is 2.75 bits per heavy atom. The number of ether oxygens (including phenoxy) is 2. The van der Waals surface area contributed by atoms with Gasteiger partial charge in [0, 0.05) is 5.56 Å². The van der Waals surface area contributed by atoms with E-state index in [1.54, 1.807) is 38.6 Å². The number of amidine groups is 1. The molecule has 1 heterocycles. The van der Waals surface area contributed by atoms with E-state index in [0.29, 0.717) is 16.7 Å². The van der Waals surface area contributed by atoms with E-state index in [1.165, 1.54) is 11.8 Å². The van der Waals surface area contributed by atoms with Gasteiger partial charge in [-0.1, -0.05) is 11.8 Å². The predicted molar refractivity (Wildman–Crippen MR) is 79.8 cm³/mol. The van der Waals surface area contributed by atoms with E-state index < -0.39 is 0 Å². The van der Waals surface area contributed by atoms with Crippen LogP contribution < -0.4 is 14.8 Å². The molecule has 20 heavy (non-hydrogen) atoms. The average molecular weight is 293 g/mol. The Bertz CT molecular complexity index is 572. The minimum atomic E-state index is -0.129. The summed E-state index contributed by atoms with van der Waals surface area (Å²) < 4.78 is 10.4. The van der Waals surface area contributed by atoms with Crippen LogP contribution >= 0.6 is 11.8 Å². The third-order valence-electron chi connectivity index (χ3n) is 2.67. The van der Waals surface area contributed by atoms with Crippen molar-refractivity contribution in [3.63, 3.8) is 0 Å². The first-order valence-electron chi connectivity index (χ1n) is 5.94. The summed E-state index contributed by atoms with van der Waals surface area (Å²) >= 11 is 1.35. The largest absolute Gasteiger partial charge is 0.497 e. The number of nitrogens with one attached hydrogen (secondary N) is 1.